The van der Waals surface area contributed by atoms with E-state index in [1.54, 1.807) is 0 Å². The number of nitrogens with zero attached hydrogens (tertiary/aromatic N) is 2. The van der Waals surface area contributed by atoms with Crippen molar-refractivity contribution in [3.05, 3.63) is 18.0 Å². The molecule has 1 N–H and O–H groups in total. The molecule has 1 aromatic rings. The molecule has 0 radical (unpaired) electrons. The number of hydrogen-bond donors (Lipinski definition) is 1. The van der Waals surface area contributed by atoms with Crippen LogP contribution in [0.25, 0.3) is 0 Å². The largest absolute Gasteiger partial charge is 0.311 e. The first-order chi connectivity index (χ1) is 7.33. The summed E-state index contributed by atoms with van der Waals surface area (Å²) in [5, 5.41) is 7.66. The lowest BCUT2D eigenvalue weighted by atomic mass is 10.2. The molecule has 3 nitrogen and oxygen atoms in total. The minimum atomic E-state index is 0.420. The van der Waals surface area contributed by atoms with Crippen LogP contribution >= 0.6 is 11.8 Å². The summed E-state index contributed by atoms with van der Waals surface area (Å²) in [5.41, 5.74) is 1.30. The molecule has 0 spiro atoms. The van der Waals surface area contributed by atoms with E-state index in [-0.39, 0.29) is 0 Å². The molecule has 0 fully saturated rings. The minimum Gasteiger partial charge on any atom is -0.311 e. The SMILES string of the molecule is CCCSCC(NC)c1ccnn1CC. The number of rotatable bonds is 7. The third kappa shape index (κ3) is 3.54. The number of nitrogens with one attached hydrogen (secondary N) is 1. The molecule has 1 aromatic heterocycles. The number of aryl methyl sites for hydroxylation is 1. The van der Waals surface area contributed by atoms with Crippen LogP contribution in [0.2, 0.25) is 0 Å². The van der Waals surface area contributed by atoms with E-state index in [1.165, 1.54) is 17.9 Å². The molecule has 1 unspecified atom stereocenters. The second kappa shape index (κ2) is 6.90. The quantitative estimate of drug-likeness (QED) is 0.725. The molecular weight excluding hydrogens is 206 g/mol. The lowest BCUT2D eigenvalue weighted by Gasteiger charge is -2.16. The number of thioether (sulfide) groups is 1. The summed E-state index contributed by atoms with van der Waals surface area (Å²) in [6.07, 6.45) is 3.13. The highest BCUT2D eigenvalue weighted by Crippen LogP contribution is 2.18. The zero-order chi connectivity index (χ0) is 11.1. The van der Waals surface area contributed by atoms with Crippen molar-refractivity contribution in [2.45, 2.75) is 32.9 Å². The van der Waals surface area contributed by atoms with Crippen molar-refractivity contribution in [1.29, 1.82) is 0 Å². The van der Waals surface area contributed by atoms with E-state index in [4.69, 9.17) is 0 Å². The lowest BCUT2D eigenvalue weighted by molar-refractivity contribution is 0.549. The van der Waals surface area contributed by atoms with E-state index in [9.17, 15) is 0 Å². The van der Waals surface area contributed by atoms with Crippen LogP contribution in [0.15, 0.2) is 12.3 Å². The van der Waals surface area contributed by atoms with Crippen LogP contribution in [0.1, 0.15) is 32.0 Å². The predicted octanol–water partition coefficient (Wildman–Crippen LogP) is 2.31. The normalized spacial score (nSPS) is 13.0. The van der Waals surface area contributed by atoms with Gasteiger partial charge >= 0.3 is 0 Å². The minimum absolute atomic E-state index is 0.420. The van der Waals surface area contributed by atoms with Gasteiger partial charge < -0.3 is 5.32 Å². The Kier molecular flexibility index (Phi) is 5.79. The molecule has 0 saturated carbocycles. The molecule has 0 bridgehead atoms. The van der Waals surface area contributed by atoms with Crippen molar-refractivity contribution in [1.82, 2.24) is 15.1 Å². The molecule has 0 aliphatic heterocycles. The van der Waals surface area contributed by atoms with Gasteiger partial charge in [-0.15, -0.1) is 0 Å². The topological polar surface area (TPSA) is 29.9 Å². The average Bonchev–Trinajstić information content (AvgIpc) is 2.72. The Morgan fingerprint density at radius 1 is 1.53 bits per heavy atom. The van der Waals surface area contributed by atoms with Gasteiger partial charge in [0.15, 0.2) is 0 Å². The fraction of sp³-hybridized carbons (Fsp3) is 0.727. The zero-order valence-corrected chi connectivity index (χ0v) is 10.7. The van der Waals surface area contributed by atoms with E-state index in [0.717, 1.165) is 12.3 Å². The first-order valence-corrected chi connectivity index (χ1v) is 6.75. The van der Waals surface area contributed by atoms with Gasteiger partial charge in [0.1, 0.15) is 0 Å². The van der Waals surface area contributed by atoms with E-state index >= 15 is 0 Å². The maximum atomic E-state index is 4.30. The predicted molar refractivity (Wildman–Crippen MR) is 67.3 cm³/mol. The summed E-state index contributed by atoms with van der Waals surface area (Å²) in [5.74, 6) is 2.36. The molecule has 0 aliphatic rings. The van der Waals surface area contributed by atoms with E-state index < -0.39 is 0 Å². The van der Waals surface area contributed by atoms with Crippen molar-refractivity contribution in [3.8, 4) is 0 Å². The van der Waals surface area contributed by atoms with Gasteiger partial charge in [-0.2, -0.15) is 16.9 Å². The van der Waals surface area contributed by atoms with Gasteiger partial charge in [-0.3, -0.25) is 4.68 Å². The van der Waals surface area contributed by atoms with Crippen LogP contribution in [0, 0.1) is 0 Å². The Hall–Kier alpha value is -0.480. The Morgan fingerprint density at radius 3 is 2.93 bits per heavy atom. The van der Waals surface area contributed by atoms with Crippen molar-refractivity contribution >= 4 is 11.8 Å². The van der Waals surface area contributed by atoms with Crippen molar-refractivity contribution < 1.29 is 0 Å². The van der Waals surface area contributed by atoms with Crippen LogP contribution in [-0.4, -0.2) is 28.3 Å². The molecular formula is C11H21N3S. The van der Waals surface area contributed by atoms with Crippen molar-refractivity contribution in [2.24, 2.45) is 0 Å². The maximum absolute atomic E-state index is 4.30. The maximum Gasteiger partial charge on any atom is 0.0581 e. The molecule has 15 heavy (non-hydrogen) atoms. The molecule has 0 saturated heterocycles. The molecule has 1 atom stereocenters. The number of hydrogen-bond acceptors (Lipinski definition) is 3. The lowest BCUT2D eigenvalue weighted by Crippen LogP contribution is -2.22. The van der Waals surface area contributed by atoms with E-state index in [2.05, 4.69) is 35.0 Å². The van der Waals surface area contributed by atoms with Crippen LogP contribution in [0.5, 0.6) is 0 Å². The summed E-state index contributed by atoms with van der Waals surface area (Å²) in [7, 11) is 2.02. The third-order valence-corrected chi connectivity index (χ3v) is 3.65. The van der Waals surface area contributed by atoms with Crippen LogP contribution in [-0.2, 0) is 6.54 Å². The molecule has 0 aromatic carbocycles. The molecule has 4 heteroatoms. The highest BCUT2D eigenvalue weighted by atomic mass is 32.2. The fourth-order valence-electron chi connectivity index (χ4n) is 1.57. The highest BCUT2D eigenvalue weighted by molar-refractivity contribution is 7.99. The first-order valence-electron chi connectivity index (χ1n) is 5.60. The van der Waals surface area contributed by atoms with Gasteiger partial charge in [-0.25, -0.2) is 0 Å². The second-order valence-electron chi connectivity index (χ2n) is 3.49. The van der Waals surface area contributed by atoms with Crippen LogP contribution in [0.3, 0.4) is 0 Å². The monoisotopic (exact) mass is 227 g/mol. The fourth-order valence-corrected chi connectivity index (χ4v) is 2.59. The van der Waals surface area contributed by atoms with E-state index in [1.807, 2.05) is 25.0 Å². The third-order valence-electron chi connectivity index (χ3n) is 2.39. The van der Waals surface area contributed by atoms with Gasteiger partial charge in [0.2, 0.25) is 0 Å². The van der Waals surface area contributed by atoms with Crippen LogP contribution < -0.4 is 5.32 Å². The summed E-state index contributed by atoms with van der Waals surface area (Å²) < 4.78 is 2.06. The number of aromatic nitrogens is 2. The summed E-state index contributed by atoms with van der Waals surface area (Å²) in [6, 6.07) is 2.53. The van der Waals surface area contributed by atoms with Crippen molar-refractivity contribution in [2.75, 3.05) is 18.6 Å². The Balaban J connectivity index is 2.57. The van der Waals surface area contributed by atoms with Crippen molar-refractivity contribution in [3.63, 3.8) is 0 Å². The summed E-state index contributed by atoms with van der Waals surface area (Å²) >= 11 is 2.00. The van der Waals surface area contributed by atoms with Gasteiger partial charge in [0, 0.05) is 18.5 Å². The second-order valence-corrected chi connectivity index (χ2v) is 4.64. The first kappa shape index (κ1) is 12.6. The Labute approximate surface area is 96.6 Å². The smallest absolute Gasteiger partial charge is 0.0581 e. The molecule has 1 rings (SSSR count). The van der Waals surface area contributed by atoms with Crippen LogP contribution in [0.4, 0.5) is 0 Å². The standard InChI is InChI=1S/C11H21N3S/c1-4-8-15-9-10(12-3)11-6-7-13-14(11)5-2/h6-7,10,12H,4-5,8-9H2,1-3H3. The molecule has 1 heterocycles. The van der Waals surface area contributed by atoms with E-state index in [0.29, 0.717) is 6.04 Å². The Bertz CT molecular complexity index is 273. The zero-order valence-electron chi connectivity index (χ0n) is 9.86. The van der Waals surface area contributed by atoms with Gasteiger partial charge in [-0.05, 0) is 32.2 Å². The molecule has 0 aliphatic carbocycles. The molecule has 0 amide bonds. The Morgan fingerprint density at radius 2 is 2.33 bits per heavy atom. The van der Waals surface area contributed by atoms with Gasteiger partial charge in [-0.1, -0.05) is 6.92 Å². The highest BCUT2D eigenvalue weighted by Gasteiger charge is 2.13. The van der Waals surface area contributed by atoms with Gasteiger partial charge in [0.25, 0.3) is 0 Å². The summed E-state index contributed by atoms with van der Waals surface area (Å²) in [6.45, 7) is 5.29. The molecule has 86 valence electrons. The average molecular weight is 227 g/mol. The van der Waals surface area contributed by atoms with Gasteiger partial charge in [0.05, 0.1) is 11.7 Å². The summed E-state index contributed by atoms with van der Waals surface area (Å²) in [4.78, 5) is 0.